The van der Waals surface area contributed by atoms with Crippen LogP contribution in [0.3, 0.4) is 0 Å². The van der Waals surface area contributed by atoms with Crippen molar-refractivity contribution in [1.29, 1.82) is 0 Å². The molecule has 0 bridgehead atoms. The Kier molecular flexibility index (Phi) is 4.10. The lowest BCUT2D eigenvalue weighted by Crippen LogP contribution is -2.36. The van der Waals surface area contributed by atoms with Gasteiger partial charge in [-0.05, 0) is 31.2 Å². The SMILES string of the molecule is CC(c1ccccc1)N(CC1CC1)C(=O)Cc1cn2ccsc2n1. The number of aromatic nitrogens is 2. The van der Waals surface area contributed by atoms with Gasteiger partial charge in [0.25, 0.3) is 0 Å². The highest BCUT2D eigenvalue weighted by Gasteiger charge is 2.30. The molecule has 1 amide bonds. The summed E-state index contributed by atoms with van der Waals surface area (Å²) >= 11 is 1.59. The van der Waals surface area contributed by atoms with Gasteiger partial charge in [0.05, 0.1) is 18.2 Å². The molecular weight excluding hydrogens is 318 g/mol. The van der Waals surface area contributed by atoms with Crippen LogP contribution in [0.4, 0.5) is 0 Å². The van der Waals surface area contributed by atoms with Crippen LogP contribution in [-0.2, 0) is 11.2 Å². The Labute approximate surface area is 145 Å². The van der Waals surface area contributed by atoms with E-state index in [1.807, 2.05) is 45.3 Å². The van der Waals surface area contributed by atoms with Crippen molar-refractivity contribution in [1.82, 2.24) is 14.3 Å². The van der Waals surface area contributed by atoms with Gasteiger partial charge in [0, 0.05) is 24.3 Å². The van der Waals surface area contributed by atoms with Crippen LogP contribution >= 0.6 is 11.3 Å². The van der Waals surface area contributed by atoms with E-state index in [2.05, 4.69) is 24.0 Å². The quantitative estimate of drug-likeness (QED) is 0.682. The average Bonchev–Trinajstić information content (AvgIpc) is 3.19. The molecule has 1 aliphatic rings. The fourth-order valence-electron chi connectivity index (χ4n) is 3.08. The summed E-state index contributed by atoms with van der Waals surface area (Å²) in [6, 6.07) is 10.4. The van der Waals surface area contributed by atoms with Crippen LogP contribution in [0.2, 0.25) is 0 Å². The maximum Gasteiger partial charge on any atom is 0.229 e. The highest BCUT2D eigenvalue weighted by atomic mass is 32.1. The molecule has 4 nitrogen and oxygen atoms in total. The zero-order valence-electron chi connectivity index (χ0n) is 13.8. The zero-order valence-corrected chi connectivity index (χ0v) is 14.6. The molecule has 1 fully saturated rings. The first kappa shape index (κ1) is 15.4. The normalized spacial score (nSPS) is 15.5. The predicted octanol–water partition coefficient (Wildman–Crippen LogP) is 3.94. The monoisotopic (exact) mass is 339 g/mol. The number of fused-ring (bicyclic) bond motifs is 1. The molecule has 4 rings (SSSR count). The van der Waals surface area contributed by atoms with Crippen LogP contribution in [0.1, 0.15) is 37.1 Å². The molecule has 124 valence electrons. The second-order valence-corrected chi connectivity index (χ2v) is 7.45. The molecule has 0 radical (unpaired) electrons. The largest absolute Gasteiger partial charge is 0.335 e. The Balaban J connectivity index is 1.53. The van der Waals surface area contributed by atoms with Gasteiger partial charge in [-0.25, -0.2) is 4.98 Å². The number of imidazole rings is 1. The topological polar surface area (TPSA) is 37.6 Å². The van der Waals surface area contributed by atoms with Crippen LogP contribution in [0.5, 0.6) is 0 Å². The molecule has 1 atom stereocenters. The number of carbonyl (C=O) groups excluding carboxylic acids is 1. The van der Waals surface area contributed by atoms with Crippen LogP contribution in [0, 0.1) is 5.92 Å². The fraction of sp³-hybridized carbons (Fsp3) is 0.368. The van der Waals surface area contributed by atoms with Crippen molar-refractivity contribution in [2.75, 3.05) is 6.54 Å². The first-order valence-electron chi connectivity index (χ1n) is 8.46. The summed E-state index contributed by atoms with van der Waals surface area (Å²) in [6.07, 6.45) is 6.80. The van der Waals surface area contributed by atoms with Gasteiger partial charge in [-0.15, -0.1) is 11.3 Å². The van der Waals surface area contributed by atoms with E-state index in [0.717, 1.165) is 17.2 Å². The highest BCUT2D eigenvalue weighted by molar-refractivity contribution is 7.15. The van der Waals surface area contributed by atoms with Gasteiger partial charge in [-0.1, -0.05) is 30.3 Å². The molecule has 1 aliphatic carbocycles. The molecule has 1 saturated carbocycles. The van der Waals surface area contributed by atoms with Crippen LogP contribution in [0.25, 0.3) is 4.96 Å². The number of carbonyl (C=O) groups is 1. The van der Waals surface area contributed by atoms with Crippen LogP contribution in [0.15, 0.2) is 48.1 Å². The van der Waals surface area contributed by atoms with Gasteiger partial charge in [0.15, 0.2) is 4.96 Å². The maximum atomic E-state index is 13.0. The summed E-state index contributed by atoms with van der Waals surface area (Å²) in [5.41, 5.74) is 2.05. The van der Waals surface area contributed by atoms with Gasteiger partial charge in [0.1, 0.15) is 0 Å². The molecule has 24 heavy (non-hydrogen) atoms. The lowest BCUT2D eigenvalue weighted by Gasteiger charge is -2.29. The van der Waals surface area contributed by atoms with Crippen molar-refractivity contribution >= 4 is 22.2 Å². The summed E-state index contributed by atoms with van der Waals surface area (Å²) in [6.45, 7) is 2.98. The van der Waals surface area contributed by atoms with E-state index < -0.39 is 0 Å². The van der Waals surface area contributed by atoms with E-state index in [1.165, 1.54) is 18.4 Å². The summed E-state index contributed by atoms with van der Waals surface area (Å²) in [4.78, 5) is 20.5. The summed E-state index contributed by atoms with van der Waals surface area (Å²) < 4.78 is 1.99. The average molecular weight is 339 g/mol. The molecule has 1 aromatic carbocycles. The molecule has 2 heterocycles. The lowest BCUT2D eigenvalue weighted by atomic mass is 10.1. The first-order valence-corrected chi connectivity index (χ1v) is 9.34. The Hall–Kier alpha value is -2.14. The third kappa shape index (κ3) is 3.22. The number of rotatable bonds is 6. The molecule has 0 aliphatic heterocycles. The second kappa shape index (κ2) is 6.40. The van der Waals surface area contributed by atoms with Gasteiger partial charge in [0.2, 0.25) is 5.91 Å². The van der Waals surface area contributed by atoms with Crippen molar-refractivity contribution in [3.63, 3.8) is 0 Å². The summed E-state index contributed by atoms with van der Waals surface area (Å²) in [5.74, 6) is 0.842. The van der Waals surface area contributed by atoms with E-state index in [1.54, 1.807) is 11.3 Å². The standard InChI is InChI=1S/C19H21N3OS/c1-14(16-5-3-2-4-6-16)22(12-15-7-8-15)18(23)11-17-13-21-9-10-24-19(21)20-17/h2-6,9-10,13-15H,7-8,11-12H2,1H3. The number of nitrogens with zero attached hydrogens (tertiary/aromatic N) is 3. The second-order valence-electron chi connectivity index (χ2n) is 6.58. The molecule has 0 N–H and O–H groups in total. The van der Waals surface area contributed by atoms with E-state index in [9.17, 15) is 4.79 Å². The van der Waals surface area contributed by atoms with Crippen molar-refractivity contribution < 1.29 is 4.79 Å². The number of thiazole rings is 1. The van der Waals surface area contributed by atoms with Crippen molar-refractivity contribution in [3.8, 4) is 0 Å². The minimum Gasteiger partial charge on any atom is -0.335 e. The van der Waals surface area contributed by atoms with Gasteiger partial charge >= 0.3 is 0 Å². The molecule has 0 saturated heterocycles. The summed E-state index contributed by atoms with van der Waals surface area (Å²) in [7, 11) is 0. The van der Waals surface area contributed by atoms with Crippen molar-refractivity contribution in [3.05, 3.63) is 59.4 Å². The Morgan fingerprint density at radius 3 is 2.88 bits per heavy atom. The molecule has 3 aromatic rings. The number of hydrogen-bond donors (Lipinski definition) is 0. The molecule has 1 unspecified atom stereocenters. The summed E-state index contributed by atoms with van der Waals surface area (Å²) in [5, 5.41) is 2.00. The van der Waals surface area contributed by atoms with E-state index in [-0.39, 0.29) is 11.9 Å². The van der Waals surface area contributed by atoms with Gasteiger partial charge in [-0.3, -0.25) is 9.20 Å². The minimum atomic E-state index is 0.100. The third-order valence-corrected chi connectivity index (χ3v) is 5.47. The van der Waals surface area contributed by atoms with Gasteiger partial charge in [-0.2, -0.15) is 0 Å². The van der Waals surface area contributed by atoms with Crippen molar-refractivity contribution in [2.45, 2.75) is 32.2 Å². The number of hydrogen-bond acceptors (Lipinski definition) is 3. The van der Waals surface area contributed by atoms with E-state index in [4.69, 9.17) is 0 Å². The maximum absolute atomic E-state index is 13.0. The fourth-order valence-corrected chi connectivity index (χ4v) is 3.80. The third-order valence-electron chi connectivity index (χ3n) is 4.70. The zero-order chi connectivity index (χ0) is 16.5. The lowest BCUT2D eigenvalue weighted by molar-refractivity contribution is -0.133. The Bertz CT molecular complexity index is 806. The molecule has 0 spiro atoms. The predicted molar refractivity (Wildman–Crippen MR) is 96.1 cm³/mol. The molecule has 2 aromatic heterocycles. The van der Waals surface area contributed by atoms with Crippen molar-refractivity contribution in [2.24, 2.45) is 5.92 Å². The van der Waals surface area contributed by atoms with Crippen LogP contribution < -0.4 is 0 Å². The highest BCUT2D eigenvalue weighted by Crippen LogP contribution is 2.33. The Morgan fingerprint density at radius 1 is 1.38 bits per heavy atom. The Morgan fingerprint density at radius 2 is 2.17 bits per heavy atom. The minimum absolute atomic E-state index is 0.100. The number of amides is 1. The smallest absolute Gasteiger partial charge is 0.229 e. The van der Waals surface area contributed by atoms with Crippen LogP contribution in [-0.4, -0.2) is 26.7 Å². The number of benzene rings is 1. The molecule has 5 heteroatoms. The van der Waals surface area contributed by atoms with E-state index in [0.29, 0.717) is 12.3 Å². The van der Waals surface area contributed by atoms with E-state index >= 15 is 0 Å². The first-order chi connectivity index (χ1) is 11.7. The molecular formula is C19H21N3OS. The van der Waals surface area contributed by atoms with Gasteiger partial charge < -0.3 is 4.90 Å².